The number of nitrogens with zero attached hydrogens (tertiary/aromatic N) is 1. The lowest BCUT2D eigenvalue weighted by molar-refractivity contribution is 1.50. The number of thiocarbonyl (C=S) groups is 1. The fraction of sp³-hybridized carbons (Fsp3) is 0.364. The second kappa shape index (κ2) is 13.6. The Labute approximate surface area is 86.5 Å². The van der Waals surface area contributed by atoms with E-state index >= 15 is 0 Å². The Hall–Kier alpha value is -0.980. The van der Waals surface area contributed by atoms with Crippen LogP contribution in [0.4, 0.5) is 5.69 Å². The van der Waals surface area contributed by atoms with Crippen LogP contribution in [-0.2, 0) is 0 Å². The van der Waals surface area contributed by atoms with Gasteiger partial charge in [-0.05, 0) is 24.4 Å². The second-order valence-electron chi connectivity index (χ2n) is 1.54. The lowest BCUT2D eigenvalue weighted by atomic mass is 10.3. The van der Waals surface area contributed by atoms with Gasteiger partial charge < -0.3 is 0 Å². The van der Waals surface area contributed by atoms with E-state index in [1.165, 1.54) is 0 Å². The number of isothiocyanates is 1. The van der Waals surface area contributed by atoms with Crippen LogP contribution in [0.15, 0.2) is 35.3 Å². The summed E-state index contributed by atoms with van der Waals surface area (Å²) in [6.07, 6.45) is 0. The molecular weight excluding hydrogens is 178 g/mol. The van der Waals surface area contributed by atoms with Gasteiger partial charge in [-0.2, -0.15) is 4.99 Å². The first-order valence-corrected chi connectivity index (χ1v) is 4.97. The topological polar surface area (TPSA) is 12.4 Å². The number of hydrogen-bond acceptors (Lipinski definition) is 2. The van der Waals surface area contributed by atoms with Crippen molar-refractivity contribution in [3.05, 3.63) is 30.3 Å². The molecule has 0 fully saturated rings. The molecule has 0 heterocycles. The summed E-state index contributed by atoms with van der Waals surface area (Å²) in [6, 6.07) is 9.50. The van der Waals surface area contributed by atoms with Crippen LogP contribution >= 0.6 is 12.2 Å². The Morgan fingerprint density at radius 3 is 1.85 bits per heavy atom. The van der Waals surface area contributed by atoms with Crippen molar-refractivity contribution < 1.29 is 0 Å². The summed E-state index contributed by atoms with van der Waals surface area (Å²) in [7, 11) is 0. The fourth-order valence-corrected chi connectivity index (χ4v) is 0.661. The van der Waals surface area contributed by atoms with Gasteiger partial charge in [-0.3, -0.25) is 0 Å². The molecule has 13 heavy (non-hydrogen) atoms. The number of aliphatic imine (C=N–C) groups is 1. The third kappa shape index (κ3) is 8.93. The molecule has 2 heteroatoms. The van der Waals surface area contributed by atoms with Gasteiger partial charge in [0.2, 0.25) is 0 Å². The van der Waals surface area contributed by atoms with Gasteiger partial charge in [-0.25, -0.2) is 0 Å². The van der Waals surface area contributed by atoms with Crippen LogP contribution in [0, 0.1) is 0 Å². The standard InChI is InChI=1S/C7H5NS.2C2H6/c9-6-8-7-4-2-1-3-5-7;2*1-2/h1-5H;2*1-2H3. The zero-order chi connectivity index (χ0) is 10.5. The molecule has 0 radical (unpaired) electrons. The largest absolute Gasteiger partial charge is 0.195 e. The molecule has 72 valence electrons. The maximum atomic E-state index is 4.42. The molecule has 1 aromatic carbocycles. The highest BCUT2D eigenvalue weighted by Crippen LogP contribution is 2.07. The number of rotatable bonds is 1. The quantitative estimate of drug-likeness (QED) is 0.475. The summed E-state index contributed by atoms with van der Waals surface area (Å²) >= 11 is 4.42. The smallest absolute Gasteiger partial charge is 0.0739 e. The summed E-state index contributed by atoms with van der Waals surface area (Å²) < 4.78 is 0. The Morgan fingerprint density at radius 1 is 1.00 bits per heavy atom. The van der Waals surface area contributed by atoms with Crippen molar-refractivity contribution in [1.82, 2.24) is 0 Å². The van der Waals surface area contributed by atoms with Crippen LogP contribution in [0.25, 0.3) is 0 Å². The van der Waals surface area contributed by atoms with Gasteiger partial charge in [0.25, 0.3) is 0 Å². The third-order valence-corrected chi connectivity index (χ3v) is 1.02. The fourth-order valence-electron chi connectivity index (χ4n) is 0.555. The molecule has 0 aliphatic carbocycles. The van der Waals surface area contributed by atoms with E-state index in [4.69, 9.17) is 0 Å². The lowest BCUT2D eigenvalue weighted by Crippen LogP contribution is -1.58. The van der Waals surface area contributed by atoms with Crippen LogP contribution in [0.3, 0.4) is 0 Å². The second-order valence-corrected chi connectivity index (χ2v) is 1.72. The van der Waals surface area contributed by atoms with Crippen LogP contribution in [0.2, 0.25) is 0 Å². The lowest BCUT2D eigenvalue weighted by Gasteiger charge is -1.83. The van der Waals surface area contributed by atoms with Crippen LogP contribution < -0.4 is 0 Å². The van der Waals surface area contributed by atoms with Crippen molar-refractivity contribution in [2.24, 2.45) is 4.99 Å². The summed E-state index contributed by atoms with van der Waals surface area (Å²) in [5, 5.41) is 2.29. The molecule has 0 aromatic heterocycles. The SMILES string of the molecule is CC.CC.S=C=Nc1ccccc1. The average molecular weight is 195 g/mol. The van der Waals surface area contributed by atoms with Crippen LogP contribution in [0.1, 0.15) is 27.7 Å². The van der Waals surface area contributed by atoms with Crippen LogP contribution in [0.5, 0.6) is 0 Å². The minimum Gasteiger partial charge on any atom is -0.195 e. The van der Waals surface area contributed by atoms with Crippen LogP contribution in [-0.4, -0.2) is 5.16 Å². The van der Waals surface area contributed by atoms with Crippen molar-refractivity contribution in [1.29, 1.82) is 0 Å². The first-order chi connectivity index (χ1) is 6.43. The van der Waals surface area contributed by atoms with Gasteiger partial charge >= 0.3 is 0 Å². The van der Waals surface area contributed by atoms with E-state index in [1.807, 2.05) is 58.0 Å². The molecule has 0 N–H and O–H groups in total. The molecule has 0 amide bonds. The predicted molar refractivity (Wildman–Crippen MR) is 63.8 cm³/mol. The first kappa shape index (κ1) is 14.5. The van der Waals surface area contributed by atoms with Crippen molar-refractivity contribution in [2.45, 2.75) is 27.7 Å². The van der Waals surface area contributed by atoms with E-state index in [2.05, 4.69) is 22.4 Å². The Bertz CT molecular complexity index is 225. The number of para-hydroxylation sites is 1. The van der Waals surface area contributed by atoms with E-state index in [-0.39, 0.29) is 0 Å². The average Bonchev–Trinajstić information content (AvgIpc) is 2.26. The molecule has 1 nitrogen and oxygen atoms in total. The van der Waals surface area contributed by atoms with E-state index in [0.717, 1.165) is 5.69 Å². The molecule has 1 rings (SSSR count). The molecule has 0 saturated heterocycles. The summed E-state index contributed by atoms with van der Waals surface area (Å²) in [5.41, 5.74) is 0.854. The first-order valence-electron chi connectivity index (χ1n) is 4.56. The van der Waals surface area contributed by atoms with Gasteiger partial charge in [-0.15, -0.1) is 0 Å². The Balaban J connectivity index is 0. The predicted octanol–water partition coefficient (Wildman–Crippen LogP) is 4.47. The minimum atomic E-state index is 0.854. The highest BCUT2D eigenvalue weighted by molar-refractivity contribution is 7.78. The zero-order valence-corrected chi connectivity index (χ0v) is 9.56. The molecule has 0 saturated carbocycles. The van der Waals surface area contributed by atoms with E-state index in [9.17, 15) is 0 Å². The molecule has 0 atom stereocenters. The Morgan fingerprint density at radius 2 is 1.46 bits per heavy atom. The number of hydrogen-bond donors (Lipinski definition) is 0. The van der Waals surface area contributed by atoms with Gasteiger partial charge in [0.15, 0.2) is 0 Å². The monoisotopic (exact) mass is 195 g/mol. The van der Waals surface area contributed by atoms with E-state index in [0.29, 0.717) is 0 Å². The molecule has 0 spiro atoms. The van der Waals surface area contributed by atoms with Crippen molar-refractivity contribution in [3.63, 3.8) is 0 Å². The molecule has 0 aliphatic heterocycles. The van der Waals surface area contributed by atoms with Crippen molar-refractivity contribution in [2.75, 3.05) is 0 Å². The normalized spacial score (nSPS) is 6.46. The minimum absolute atomic E-state index is 0.854. The van der Waals surface area contributed by atoms with E-state index in [1.54, 1.807) is 0 Å². The van der Waals surface area contributed by atoms with Gasteiger partial charge in [0.1, 0.15) is 0 Å². The highest BCUT2D eigenvalue weighted by Gasteiger charge is 1.79. The van der Waals surface area contributed by atoms with Gasteiger partial charge in [-0.1, -0.05) is 45.9 Å². The molecule has 0 unspecified atom stereocenters. The highest BCUT2D eigenvalue weighted by atomic mass is 32.1. The zero-order valence-electron chi connectivity index (χ0n) is 8.74. The molecule has 0 aliphatic rings. The molecular formula is C11H17NS. The Kier molecular flexibility index (Phi) is 15.2. The van der Waals surface area contributed by atoms with E-state index < -0.39 is 0 Å². The third-order valence-electron chi connectivity index (χ3n) is 0.931. The van der Waals surface area contributed by atoms with Gasteiger partial charge in [0, 0.05) is 0 Å². The number of benzene rings is 1. The maximum absolute atomic E-state index is 4.42. The van der Waals surface area contributed by atoms with Gasteiger partial charge in [0.05, 0.1) is 10.8 Å². The summed E-state index contributed by atoms with van der Waals surface area (Å²) in [5.74, 6) is 0. The van der Waals surface area contributed by atoms with Crippen molar-refractivity contribution in [3.8, 4) is 0 Å². The maximum Gasteiger partial charge on any atom is 0.0739 e. The summed E-state index contributed by atoms with van der Waals surface area (Å²) in [4.78, 5) is 3.77. The molecule has 0 bridgehead atoms. The summed E-state index contributed by atoms with van der Waals surface area (Å²) in [6.45, 7) is 8.00. The van der Waals surface area contributed by atoms with Crippen molar-refractivity contribution >= 4 is 23.1 Å². The molecule has 1 aromatic rings.